The molecule has 0 saturated heterocycles. The van der Waals surface area contributed by atoms with Crippen LogP contribution < -0.4 is 14.8 Å². The zero-order chi connectivity index (χ0) is 34.6. The standard InChI is InChI=1S/C35H36N7O5PS/c1-40(48(2)49)37-23-27-12-16-30(17-13-27)47-22-21-46-29-14-10-26(11-15-29)18-19-36-33(43)25-41-24-28(38-39-41)7-5-6-20-42-34(44)31-8-3-4-9-32(31)35(42)45/h3-4,8-17,21-24H,5-7,18-20,25H2,1-2H3/p+1/b22-21?,37-23+. The highest BCUT2D eigenvalue weighted by molar-refractivity contribution is 8.03. The van der Waals surface area contributed by atoms with Gasteiger partial charge in [-0.1, -0.05) is 29.5 Å². The van der Waals surface area contributed by atoms with E-state index >= 15 is 0 Å². The molecule has 1 aliphatic rings. The lowest BCUT2D eigenvalue weighted by atomic mass is 10.1. The van der Waals surface area contributed by atoms with Crippen LogP contribution in [0, 0.1) is 0 Å². The summed E-state index contributed by atoms with van der Waals surface area (Å²) in [4.78, 5) is 38.7. The zero-order valence-corrected chi connectivity index (χ0v) is 29.0. The van der Waals surface area contributed by atoms with Gasteiger partial charge in [-0.2, -0.15) is 0 Å². The van der Waals surface area contributed by atoms with Crippen LogP contribution in [0.5, 0.6) is 11.5 Å². The van der Waals surface area contributed by atoms with Crippen molar-refractivity contribution < 1.29 is 23.9 Å². The minimum Gasteiger partial charge on any atom is -0.462 e. The van der Waals surface area contributed by atoms with Gasteiger partial charge in [-0.25, -0.2) is 4.68 Å². The molecule has 1 atom stereocenters. The molecular weight excluding hydrogens is 661 g/mol. The number of aromatic nitrogens is 3. The highest BCUT2D eigenvalue weighted by atomic mass is 32.4. The molecule has 0 fully saturated rings. The minimum atomic E-state index is -0.677. The van der Waals surface area contributed by atoms with Crippen LogP contribution in [0.1, 0.15) is 50.4 Å². The van der Waals surface area contributed by atoms with Gasteiger partial charge in [0.15, 0.2) is 11.8 Å². The lowest BCUT2D eigenvalue weighted by Crippen LogP contribution is -2.30. The van der Waals surface area contributed by atoms with Gasteiger partial charge in [-0.3, -0.25) is 19.3 Å². The molecule has 0 aliphatic carbocycles. The van der Waals surface area contributed by atoms with E-state index in [9.17, 15) is 14.4 Å². The van der Waals surface area contributed by atoms with Crippen LogP contribution in [0.4, 0.5) is 0 Å². The number of ether oxygens (including phenoxy) is 2. The molecule has 1 aromatic heterocycles. The second-order valence-electron chi connectivity index (χ2n) is 11.2. The number of hydrogen-bond acceptors (Lipinski definition) is 9. The van der Waals surface area contributed by atoms with Crippen molar-refractivity contribution in [1.82, 2.24) is 30.0 Å². The van der Waals surface area contributed by atoms with Crippen molar-refractivity contribution in [3.63, 3.8) is 0 Å². The number of aryl methyl sites for hydroxylation is 1. The van der Waals surface area contributed by atoms with Crippen LogP contribution in [-0.4, -0.2) is 75.4 Å². The number of nitrogens with one attached hydrogen (secondary N) is 1. The van der Waals surface area contributed by atoms with Gasteiger partial charge in [0.05, 0.1) is 30.1 Å². The van der Waals surface area contributed by atoms with Crippen molar-refractivity contribution in [2.45, 2.75) is 32.2 Å². The van der Waals surface area contributed by atoms with E-state index in [1.807, 2.05) is 62.2 Å². The van der Waals surface area contributed by atoms with Gasteiger partial charge in [0.25, 0.3) is 11.8 Å². The molecule has 0 saturated carbocycles. The molecule has 1 unspecified atom stereocenters. The number of unbranched alkanes of at least 4 members (excludes halogenated alkanes) is 1. The lowest BCUT2D eigenvalue weighted by molar-refractivity contribution is -0.121. The Bertz CT molecular complexity index is 1810. The summed E-state index contributed by atoms with van der Waals surface area (Å²) in [5.74, 6) is 0.680. The average molecular weight is 699 g/mol. The summed E-state index contributed by atoms with van der Waals surface area (Å²) in [6.07, 6.45) is 9.12. The molecule has 252 valence electrons. The van der Waals surface area contributed by atoms with Gasteiger partial charge < -0.3 is 14.8 Å². The van der Waals surface area contributed by atoms with E-state index in [1.165, 1.54) is 22.1 Å². The number of hydrazone groups is 1. The predicted molar refractivity (Wildman–Crippen MR) is 190 cm³/mol. The third-order valence-electron chi connectivity index (χ3n) is 7.62. The molecule has 14 heteroatoms. The summed E-state index contributed by atoms with van der Waals surface area (Å²) in [7, 11) is 1.86. The quantitative estimate of drug-likeness (QED) is 0.0407. The minimum absolute atomic E-state index is 0.0641. The van der Waals surface area contributed by atoms with Gasteiger partial charge in [0, 0.05) is 19.3 Å². The van der Waals surface area contributed by atoms with Crippen molar-refractivity contribution in [3.8, 4) is 11.5 Å². The molecule has 12 nitrogen and oxygen atoms in total. The molecule has 4 aromatic rings. The fourth-order valence-corrected chi connectivity index (χ4v) is 5.22. The normalized spacial score (nSPS) is 12.9. The van der Waals surface area contributed by atoms with Gasteiger partial charge in [0.1, 0.15) is 37.2 Å². The molecule has 49 heavy (non-hydrogen) atoms. The molecule has 1 aliphatic heterocycles. The van der Waals surface area contributed by atoms with Crippen LogP contribution in [0.25, 0.3) is 0 Å². The summed E-state index contributed by atoms with van der Waals surface area (Å²) in [6.45, 7) is 2.18. The summed E-state index contributed by atoms with van der Waals surface area (Å²) < 4.78 is 14.5. The Morgan fingerprint density at radius 2 is 1.57 bits per heavy atom. The fraction of sp³-hybridized carbons (Fsp3) is 0.257. The number of rotatable bonds is 17. The number of amides is 3. The zero-order valence-electron chi connectivity index (χ0n) is 27.3. The highest BCUT2D eigenvalue weighted by Gasteiger charge is 2.34. The van der Waals surface area contributed by atoms with E-state index in [1.54, 1.807) is 41.5 Å². The first kappa shape index (κ1) is 35.1. The smallest absolute Gasteiger partial charge is 0.306 e. The van der Waals surface area contributed by atoms with Crippen LogP contribution in [0.15, 0.2) is 96.6 Å². The maximum absolute atomic E-state index is 12.5. The number of nitrogens with zero attached hydrogens (tertiary/aromatic N) is 6. The molecule has 5 rings (SSSR count). The van der Waals surface area contributed by atoms with E-state index in [0.717, 1.165) is 23.2 Å². The Morgan fingerprint density at radius 1 is 0.939 bits per heavy atom. The molecule has 2 heterocycles. The van der Waals surface area contributed by atoms with Crippen LogP contribution >= 0.6 is 6.85 Å². The molecular formula is C35H37N7O5PS+. The third-order valence-corrected chi connectivity index (χ3v) is 9.25. The van der Waals surface area contributed by atoms with Crippen LogP contribution in [0.2, 0.25) is 0 Å². The maximum Gasteiger partial charge on any atom is 0.306 e. The van der Waals surface area contributed by atoms with Gasteiger partial charge in [-0.15, -0.1) is 15.0 Å². The first-order valence-corrected chi connectivity index (χ1v) is 18.5. The van der Waals surface area contributed by atoms with Crippen LogP contribution in [-0.2, 0) is 36.0 Å². The van der Waals surface area contributed by atoms with Gasteiger partial charge >= 0.3 is 6.85 Å². The number of fused-ring (bicyclic) bond motifs is 1. The Labute approximate surface area is 290 Å². The van der Waals surface area contributed by atoms with E-state index < -0.39 is 6.85 Å². The highest BCUT2D eigenvalue weighted by Crippen LogP contribution is 2.23. The molecule has 0 spiro atoms. The van der Waals surface area contributed by atoms with E-state index in [0.29, 0.717) is 55.0 Å². The number of benzene rings is 3. The predicted octanol–water partition coefficient (Wildman–Crippen LogP) is 4.94. The molecule has 0 bridgehead atoms. The second-order valence-corrected chi connectivity index (χ2v) is 14.3. The largest absolute Gasteiger partial charge is 0.462 e. The van der Waals surface area contributed by atoms with Crippen molar-refractivity contribution >= 4 is 42.6 Å². The van der Waals surface area contributed by atoms with Crippen LogP contribution in [0.3, 0.4) is 0 Å². The molecule has 3 aromatic carbocycles. The first-order chi connectivity index (χ1) is 23.8. The lowest BCUT2D eigenvalue weighted by Gasteiger charge is -2.13. The van der Waals surface area contributed by atoms with Gasteiger partial charge in [-0.05, 0) is 85.3 Å². The Kier molecular flexibility index (Phi) is 12.3. The van der Waals surface area contributed by atoms with E-state index in [4.69, 9.17) is 21.3 Å². The van der Waals surface area contributed by atoms with Crippen molar-refractivity contribution in [3.05, 3.63) is 119 Å². The topological polar surface area (TPSA) is 131 Å². The summed E-state index contributed by atoms with van der Waals surface area (Å²) in [5, 5.41) is 15.4. The summed E-state index contributed by atoms with van der Waals surface area (Å²) in [6, 6.07) is 22.0. The summed E-state index contributed by atoms with van der Waals surface area (Å²) >= 11 is 5.22. The number of carbonyl (C=O) groups excluding carboxylic acids is 3. The monoisotopic (exact) mass is 698 g/mol. The average Bonchev–Trinajstić information content (AvgIpc) is 3.65. The van der Waals surface area contributed by atoms with Crippen molar-refractivity contribution in [2.24, 2.45) is 5.10 Å². The second kappa shape index (κ2) is 17.2. The van der Waals surface area contributed by atoms with E-state index in [2.05, 4.69) is 20.7 Å². The third kappa shape index (κ3) is 10.1. The first-order valence-electron chi connectivity index (χ1n) is 15.7. The van der Waals surface area contributed by atoms with Gasteiger partial charge in [0.2, 0.25) is 5.91 Å². The molecule has 3 amide bonds. The van der Waals surface area contributed by atoms with E-state index in [-0.39, 0.29) is 24.3 Å². The SMILES string of the molecule is CN(/N=C/c1ccc(OC=COc2ccc(CCNC(=O)Cn3cc(CCCCN4C(=O)c5ccccc5C4=O)nn3)cc2)cc1)[P+](C)=S. The Hall–Kier alpha value is -5.26. The number of carbonyl (C=O) groups is 3. The molecule has 0 radical (unpaired) electrons. The van der Waals surface area contributed by atoms with Crippen molar-refractivity contribution in [2.75, 3.05) is 26.8 Å². The van der Waals surface area contributed by atoms with Crippen molar-refractivity contribution in [1.29, 1.82) is 0 Å². The molecule has 1 N–H and O–H groups in total. The Balaban J connectivity index is 0.945. The number of imide groups is 1. The Morgan fingerprint density at radius 3 is 2.20 bits per heavy atom. The number of hydrogen-bond donors (Lipinski definition) is 1. The maximum atomic E-state index is 12.5. The fourth-order valence-electron chi connectivity index (χ4n) is 4.90. The summed E-state index contributed by atoms with van der Waals surface area (Å²) in [5.41, 5.74) is 3.67.